The molecule has 0 fully saturated rings. The van der Waals surface area contributed by atoms with Crippen molar-refractivity contribution in [2.75, 3.05) is 18.6 Å². The number of esters is 1. The van der Waals surface area contributed by atoms with Crippen molar-refractivity contribution >= 4 is 17.7 Å². The molecule has 2 heterocycles. The zero-order valence-corrected chi connectivity index (χ0v) is 12.9. The molecule has 1 aromatic carbocycles. The van der Waals surface area contributed by atoms with E-state index in [0.717, 1.165) is 22.4 Å². The van der Waals surface area contributed by atoms with Crippen molar-refractivity contribution in [3.63, 3.8) is 0 Å². The molecular weight excluding hydrogens is 295 g/mol. The van der Waals surface area contributed by atoms with Gasteiger partial charge < -0.3 is 9.64 Å². The lowest BCUT2D eigenvalue weighted by Gasteiger charge is -2.25. The number of ether oxygens (including phenoxy) is 1. The first-order valence-corrected chi connectivity index (χ1v) is 7.37. The molecule has 0 spiro atoms. The predicted octanol–water partition coefficient (Wildman–Crippen LogP) is 3.21. The highest BCUT2D eigenvalue weighted by Crippen LogP contribution is 2.29. The van der Waals surface area contributed by atoms with Gasteiger partial charge in [-0.15, -0.1) is 0 Å². The summed E-state index contributed by atoms with van der Waals surface area (Å²) >= 11 is 0. The van der Waals surface area contributed by atoms with Crippen LogP contribution in [0.15, 0.2) is 37.0 Å². The number of cyclic esters (lactones) is 1. The quantitative estimate of drug-likeness (QED) is 0.813. The number of aromatic nitrogens is 1. The third kappa shape index (κ3) is 2.95. The van der Waals surface area contributed by atoms with E-state index in [4.69, 9.17) is 4.74 Å². The fourth-order valence-electron chi connectivity index (χ4n) is 2.78. The van der Waals surface area contributed by atoms with Gasteiger partial charge in [0.1, 0.15) is 5.82 Å². The van der Waals surface area contributed by atoms with Crippen LogP contribution in [0.1, 0.15) is 27.2 Å². The molecule has 0 aliphatic carbocycles. The molecule has 1 aromatic heterocycles. The molecule has 1 aliphatic heterocycles. The molecule has 4 nitrogen and oxygen atoms in total. The number of anilines is 1. The average molecular weight is 312 g/mol. The largest absolute Gasteiger partial charge is 0.461 e. The maximum Gasteiger partial charge on any atom is 0.357 e. The van der Waals surface area contributed by atoms with Crippen LogP contribution < -0.4 is 4.90 Å². The second kappa shape index (κ2) is 6.20. The molecule has 0 N–H and O–H groups in total. The molecule has 1 aliphatic rings. The first kappa shape index (κ1) is 15.2. The number of nitrogens with zero attached hydrogens (tertiary/aromatic N) is 2. The summed E-state index contributed by atoms with van der Waals surface area (Å²) in [5.74, 6) is -0.640. The molecule has 0 saturated heterocycles. The molecule has 0 amide bonds. The van der Waals surface area contributed by atoms with E-state index in [1.165, 1.54) is 12.1 Å². The molecule has 2 aromatic rings. The fraction of sp³-hybridized carbons (Fsp3) is 0.222. The van der Waals surface area contributed by atoms with Gasteiger partial charge in [0.05, 0.1) is 18.5 Å². The summed E-state index contributed by atoms with van der Waals surface area (Å²) in [6, 6.07) is 6.39. The van der Waals surface area contributed by atoms with Crippen LogP contribution in [-0.4, -0.2) is 24.6 Å². The van der Waals surface area contributed by atoms with Gasteiger partial charge >= 0.3 is 5.97 Å². The lowest BCUT2D eigenvalue weighted by molar-refractivity contribution is 0.0471. The Kier molecular flexibility index (Phi) is 4.10. The van der Waals surface area contributed by atoms with E-state index >= 15 is 0 Å². The summed E-state index contributed by atoms with van der Waals surface area (Å²) in [7, 11) is 1.93. The van der Waals surface area contributed by atoms with E-state index in [1.54, 1.807) is 24.4 Å². The van der Waals surface area contributed by atoms with Crippen molar-refractivity contribution in [1.29, 1.82) is 0 Å². The smallest absolute Gasteiger partial charge is 0.357 e. The molecule has 23 heavy (non-hydrogen) atoms. The van der Waals surface area contributed by atoms with Crippen LogP contribution in [0.4, 0.5) is 10.1 Å². The number of pyridine rings is 1. The Labute approximate surface area is 134 Å². The van der Waals surface area contributed by atoms with Crippen LogP contribution in [0.2, 0.25) is 0 Å². The minimum Gasteiger partial charge on any atom is -0.461 e. The van der Waals surface area contributed by atoms with Crippen molar-refractivity contribution < 1.29 is 13.9 Å². The van der Waals surface area contributed by atoms with Crippen LogP contribution in [0, 0.1) is 5.82 Å². The first-order valence-electron chi connectivity index (χ1n) is 7.37. The number of rotatable bonds is 4. The maximum atomic E-state index is 13.0. The number of carbonyl (C=O) groups is 1. The number of hydrogen-bond donors (Lipinski definition) is 0. The van der Waals surface area contributed by atoms with Crippen molar-refractivity contribution in [3.05, 3.63) is 65.2 Å². The fourth-order valence-corrected chi connectivity index (χ4v) is 2.78. The second-order valence-electron chi connectivity index (χ2n) is 5.46. The van der Waals surface area contributed by atoms with Gasteiger partial charge in [0, 0.05) is 25.6 Å². The highest BCUT2D eigenvalue weighted by atomic mass is 19.1. The van der Waals surface area contributed by atoms with Crippen molar-refractivity contribution in [3.8, 4) is 0 Å². The van der Waals surface area contributed by atoms with Gasteiger partial charge in [-0.25, -0.2) is 14.2 Å². The number of fused-ring (bicyclic) bond motifs is 1. The maximum absolute atomic E-state index is 13.0. The topological polar surface area (TPSA) is 42.4 Å². The Morgan fingerprint density at radius 3 is 2.83 bits per heavy atom. The summed E-state index contributed by atoms with van der Waals surface area (Å²) < 4.78 is 18.0. The van der Waals surface area contributed by atoms with Crippen LogP contribution in [-0.2, 0) is 17.7 Å². The normalized spacial score (nSPS) is 13.2. The summed E-state index contributed by atoms with van der Waals surface area (Å²) in [6.45, 7) is 4.83. The first-order chi connectivity index (χ1) is 11.1. The summed E-state index contributed by atoms with van der Waals surface area (Å²) in [5.41, 5.74) is 4.01. The number of hydrogen-bond acceptors (Lipinski definition) is 4. The van der Waals surface area contributed by atoms with Gasteiger partial charge in [0.2, 0.25) is 0 Å². The van der Waals surface area contributed by atoms with E-state index in [0.29, 0.717) is 25.3 Å². The summed E-state index contributed by atoms with van der Waals surface area (Å²) in [6.07, 6.45) is 4.04. The highest BCUT2D eigenvalue weighted by Gasteiger charge is 2.24. The van der Waals surface area contributed by atoms with Crippen LogP contribution in [0.5, 0.6) is 0 Å². The van der Waals surface area contributed by atoms with Crippen LogP contribution in [0.25, 0.3) is 6.08 Å². The second-order valence-corrected chi connectivity index (χ2v) is 5.46. The number of halogens is 1. The van der Waals surface area contributed by atoms with E-state index < -0.39 is 0 Å². The molecular formula is C18H17FN2O2. The Bertz CT molecular complexity index is 756. The van der Waals surface area contributed by atoms with Crippen molar-refractivity contribution in [2.45, 2.75) is 13.0 Å². The predicted molar refractivity (Wildman–Crippen MR) is 86.8 cm³/mol. The molecule has 0 unspecified atom stereocenters. The zero-order valence-electron chi connectivity index (χ0n) is 12.9. The molecule has 0 bridgehead atoms. The third-order valence-electron chi connectivity index (χ3n) is 3.93. The number of benzene rings is 1. The third-order valence-corrected chi connectivity index (χ3v) is 3.93. The average Bonchev–Trinajstić information content (AvgIpc) is 2.56. The molecule has 0 saturated carbocycles. The SMILES string of the molecule is C=Cc1c(N(C)Cc2ccc(F)cc2)cnc2c1CCOC2=O. The lowest BCUT2D eigenvalue weighted by Crippen LogP contribution is -2.24. The van der Waals surface area contributed by atoms with E-state index in [9.17, 15) is 9.18 Å². The van der Waals surface area contributed by atoms with E-state index in [-0.39, 0.29) is 11.8 Å². The zero-order chi connectivity index (χ0) is 16.4. The summed E-state index contributed by atoms with van der Waals surface area (Å²) in [4.78, 5) is 18.1. The van der Waals surface area contributed by atoms with E-state index in [2.05, 4.69) is 11.6 Å². The summed E-state index contributed by atoms with van der Waals surface area (Å²) in [5, 5.41) is 0. The van der Waals surface area contributed by atoms with Crippen LogP contribution in [0.3, 0.4) is 0 Å². The van der Waals surface area contributed by atoms with Crippen molar-refractivity contribution in [1.82, 2.24) is 4.98 Å². The standard InChI is InChI=1S/C18H17FN2O2/c1-3-14-15-8-9-23-18(22)17(15)20-10-16(14)21(2)11-12-4-6-13(19)7-5-12/h3-7,10H,1,8-9,11H2,2H3. The van der Waals surface area contributed by atoms with Crippen LogP contribution >= 0.6 is 0 Å². The van der Waals surface area contributed by atoms with Crippen molar-refractivity contribution in [2.24, 2.45) is 0 Å². The minimum absolute atomic E-state index is 0.253. The Hall–Kier alpha value is -2.69. The van der Waals surface area contributed by atoms with Gasteiger partial charge in [-0.2, -0.15) is 0 Å². The highest BCUT2D eigenvalue weighted by molar-refractivity contribution is 5.92. The lowest BCUT2D eigenvalue weighted by atomic mass is 9.99. The molecule has 118 valence electrons. The van der Waals surface area contributed by atoms with Gasteiger partial charge in [0.25, 0.3) is 0 Å². The molecule has 0 atom stereocenters. The van der Waals surface area contributed by atoms with Gasteiger partial charge in [-0.1, -0.05) is 24.8 Å². The minimum atomic E-state index is -0.387. The Balaban J connectivity index is 1.94. The molecule has 3 rings (SSSR count). The van der Waals surface area contributed by atoms with Gasteiger partial charge in [0.15, 0.2) is 5.69 Å². The van der Waals surface area contributed by atoms with Gasteiger partial charge in [-0.05, 0) is 23.3 Å². The number of carbonyl (C=O) groups excluding carboxylic acids is 1. The molecule has 5 heteroatoms. The Morgan fingerprint density at radius 2 is 2.13 bits per heavy atom. The van der Waals surface area contributed by atoms with Gasteiger partial charge in [-0.3, -0.25) is 0 Å². The Morgan fingerprint density at radius 1 is 1.39 bits per heavy atom. The molecule has 0 radical (unpaired) electrons. The monoisotopic (exact) mass is 312 g/mol. The van der Waals surface area contributed by atoms with E-state index in [1.807, 2.05) is 11.9 Å².